The molecular weight excluding hydrogens is 318 g/mol. The number of fused-ring (bicyclic) bond motifs is 1. The molecule has 0 saturated carbocycles. The number of nitrogens with zero attached hydrogens (tertiary/aromatic N) is 2. The van der Waals surface area contributed by atoms with Crippen molar-refractivity contribution < 1.29 is 18.4 Å². The molecule has 1 unspecified atom stereocenters. The zero-order valence-electron chi connectivity index (χ0n) is 12.8. The van der Waals surface area contributed by atoms with E-state index in [4.69, 9.17) is 0 Å². The normalized spacial score (nSPS) is 23.6. The molecule has 6 nitrogen and oxygen atoms in total. The fourth-order valence-electron chi connectivity index (χ4n) is 3.60. The van der Waals surface area contributed by atoms with Crippen molar-refractivity contribution in [1.82, 2.24) is 20.2 Å². The molecule has 0 bridgehead atoms. The molecule has 24 heavy (non-hydrogen) atoms. The van der Waals surface area contributed by atoms with Gasteiger partial charge in [0.05, 0.1) is 11.0 Å². The number of carbonyl (C=O) groups is 2. The summed E-state index contributed by atoms with van der Waals surface area (Å²) in [4.78, 5) is 32.2. The number of aromatic amines is 1. The van der Waals surface area contributed by atoms with Gasteiger partial charge in [-0.15, -0.1) is 0 Å². The highest BCUT2D eigenvalue weighted by Gasteiger charge is 2.45. The molecule has 1 atom stereocenters. The molecule has 2 aromatic rings. The minimum Gasteiger partial charge on any atom is -0.355 e. The highest BCUT2D eigenvalue weighted by Crippen LogP contribution is 2.37. The van der Waals surface area contributed by atoms with Crippen LogP contribution in [0.15, 0.2) is 18.2 Å². The molecule has 1 aromatic heterocycles. The summed E-state index contributed by atoms with van der Waals surface area (Å²) >= 11 is 0. The third-order valence-electron chi connectivity index (χ3n) is 4.88. The summed E-state index contributed by atoms with van der Waals surface area (Å²) in [6, 6.07) is 4.72. The molecule has 2 aliphatic rings. The van der Waals surface area contributed by atoms with Crippen molar-refractivity contribution in [3.05, 3.63) is 29.6 Å². The Hall–Kier alpha value is -2.51. The summed E-state index contributed by atoms with van der Waals surface area (Å²) in [7, 11) is 0. The highest BCUT2D eigenvalue weighted by atomic mass is 19.3. The molecule has 0 aliphatic carbocycles. The van der Waals surface area contributed by atoms with Gasteiger partial charge in [-0.25, -0.2) is 13.8 Å². The molecule has 8 heteroatoms. The lowest BCUT2D eigenvalue weighted by Crippen LogP contribution is -2.33. The highest BCUT2D eigenvalue weighted by molar-refractivity contribution is 5.97. The van der Waals surface area contributed by atoms with Crippen molar-refractivity contribution in [3.63, 3.8) is 0 Å². The summed E-state index contributed by atoms with van der Waals surface area (Å²) < 4.78 is 25.4. The van der Waals surface area contributed by atoms with E-state index in [2.05, 4.69) is 15.3 Å². The molecule has 4 rings (SSSR count). The maximum atomic E-state index is 12.7. The number of rotatable bonds is 2. The van der Waals surface area contributed by atoms with Gasteiger partial charge in [0.25, 0.3) is 12.3 Å². The number of amides is 2. The average Bonchev–Trinajstić information content (AvgIpc) is 3.25. The SMILES string of the molecule is O=C1CC2(CCN(C(=O)c3ccc4nc(C(F)F)[nH]c4c3)C2)CN1. The predicted octanol–water partition coefficient (Wildman–Crippen LogP) is 1.85. The van der Waals surface area contributed by atoms with Gasteiger partial charge in [-0.1, -0.05) is 0 Å². The first-order valence-electron chi connectivity index (χ1n) is 7.80. The third kappa shape index (κ3) is 2.42. The standard InChI is InChI=1S/C16H16F2N4O2/c17-13(18)14-20-10-2-1-9(5-11(10)21-14)15(24)22-4-3-16(8-22)6-12(23)19-7-16/h1-2,5,13H,3-4,6-8H2,(H,19,23)(H,20,21). The Balaban J connectivity index is 1.56. The lowest BCUT2D eigenvalue weighted by atomic mass is 9.86. The smallest absolute Gasteiger partial charge is 0.295 e. The minimum absolute atomic E-state index is 0.0303. The summed E-state index contributed by atoms with van der Waals surface area (Å²) in [5.41, 5.74) is 1.10. The Morgan fingerprint density at radius 2 is 2.21 bits per heavy atom. The van der Waals surface area contributed by atoms with Gasteiger partial charge in [0.1, 0.15) is 0 Å². The number of benzene rings is 1. The van der Waals surface area contributed by atoms with Crippen LogP contribution >= 0.6 is 0 Å². The molecular formula is C16H16F2N4O2. The molecule has 1 aromatic carbocycles. The summed E-state index contributed by atoms with van der Waals surface area (Å²) in [6.07, 6.45) is -1.43. The predicted molar refractivity (Wildman–Crippen MR) is 81.6 cm³/mol. The van der Waals surface area contributed by atoms with Crippen molar-refractivity contribution >= 4 is 22.8 Å². The van der Waals surface area contributed by atoms with Gasteiger partial charge >= 0.3 is 0 Å². The third-order valence-corrected chi connectivity index (χ3v) is 4.88. The van der Waals surface area contributed by atoms with E-state index in [-0.39, 0.29) is 17.2 Å². The lowest BCUT2D eigenvalue weighted by Gasteiger charge is -2.21. The maximum Gasteiger partial charge on any atom is 0.295 e. The van der Waals surface area contributed by atoms with Gasteiger partial charge in [-0.3, -0.25) is 9.59 Å². The van der Waals surface area contributed by atoms with Gasteiger partial charge < -0.3 is 15.2 Å². The van der Waals surface area contributed by atoms with E-state index in [0.29, 0.717) is 42.7 Å². The second-order valence-corrected chi connectivity index (χ2v) is 6.58. The fourth-order valence-corrected chi connectivity index (χ4v) is 3.60. The Labute approximate surface area is 136 Å². The molecule has 2 N–H and O–H groups in total. The first-order valence-corrected chi connectivity index (χ1v) is 7.80. The largest absolute Gasteiger partial charge is 0.355 e. The van der Waals surface area contributed by atoms with Crippen molar-refractivity contribution in [1.29, 1.82) is 0 Å². The number of alkyl halides is 2. The number of nitrogens with one attached hydrogen (secondary N) is 2. The molecule has 1 spiro atoms. The van der Waals surface area contributed by atoms with Gasteiger partial charge in [-0.2, -0.15) is 0 Å². The molecule has 126 valence electrons. The number of aromatic nitrogens is 2. The van der Waals surface area contributed by atoms with E-state index in [1.807, 2.05) is 0 Å². The Kier molecular flexibility index (Phi) is 3.29. The fraction of sp³-hybridized carbons (Fsp3) is 0.438. The van der Waals surface area contributed by atoms with Gasteiger partial charge in [0.15, 0.2) is 5.82 Å². The first kappa shape index (κ1) is 15.0. The van der Waals surface area contributed by atoms with Crippen LogP contribution in [0.2, 0.25) is 0 Å². The summed E-state index contributed by atoms with van der Waals surface area (Å²) in [5.74, 6) is -0.519. The van der Waals surface area contributed by atoms with Crippen LogP contribution in [0.25, 0.3) is 11.0 Å². The Bertz CT molecular complexity index is 835. The van der Waals surface area contributed by atoms with Crippen molar-refractivity contribution in [2.45, 2.75) is 19.3 Å². The monoisotopic (exact) mass is 334 g/mol. The van der Waals surface area contributed by atoms with Crippen molar-refractivity contribution in [3.8, 4) is 0 Å². The van der Waals surface area contributed by atoms with Gasteiger partial charge in [-0.05, 0) is 24.6 Å². The lowest BCUT2D eigenvalue weighted by molar-refractivity contribution is -0.119. The number of likely N-dealkylation sites (tertiary alicyclic amines) is 1. The number of H-pyrrole nitrogens is 1. The van der Waals surface area contributed by atoms with E-state index in [0.717, 1.165) is 6.42 Å². The van der Waals surface area contributed by atoms with E-state index in [9.17, 15) is 18.4 Å². The minimum atomic E-state index is -2.68. The number of halogens is 2. The van der Waals surface area contributed by atoms with E-state index >= 15 is 0 Å². The summed E-state index contributed by atoms with van der Waals surface area (Å²) in [6.45, 7) is 1.73. The zero-order valence-corrected chi connectivity index (χ0v) is 12.8. The van der Waals surface area contributed by atoms with Crippen LogP contribution in [-0.2, 0) is 4.79 Å². The second-order valence-electron chi connectivity index (χ2n) is 6.58. The van der Waals surface area contributed by atoms with Crippen LogP contribution in [0.5, 0.6) is 0 Å². The Morgan fingerprint density at radius 1 is 1.38 bits per heavy atom. The number of hydrogen-bond acceptors (Lipinski definition) is 3. The number of hydrogen-bond donors (Lipinski definition) is 2. The topological polar surface area (TPSA) is 78.1 Å². The van der Waals surface area contributed by atoms with Gasteiger partial charge in [0.2, 0.25) is 5.91 Å². The summed E-state index contributed by atoms with van der Waals surface area (Å²) in [5, 5.41) is 2.83. The van der Waals surface area contributed by atoms with Crippen LogP contribution in [0, 0.1) is 5.41 Å². The van der Waals surface area contributed by atoms with Crippen LogP contribution in [0.1, 0.15) is 35.4 Å². The van der Waals surface area contributed by atoms with Crippen molar-refractivity contribution in [2.24, 2.45) is 5.41 Å². The molecule has 2 saturated heterocycles. The van der Waals surface area contributed by atoms with E-state index in [1.165, 1.54) is 0 Å². The van der Waals surface area contributed by atoms with Crippen molar-refractivity contribution in [2.75, 3.05) is 19.6 Å². The van der Waals surface area contributed by atoms with E-state index in [1.54, 1.807) is 23.1 Å². The number of carbonyl (C=O) groups excluding carboxylic acids is 2. The quantitative estimate of drug-likeness (QED) is 0.880. The van der Waals surface area contributed by atoms with Crippen LogP contribution in [0.3, 0.4) is 0 Å². The first-order chi connectivity index (χ1) is 11.5. The zero-order chi connectivity index (χ0) is 16.9. The Morgan fingerprint density at radius 3 is 2.92 bits per heavy atom. The van der Waals surface area contributed by atoms with Crippen LogP contribution in [-0.4, -0.2) is 46.3 Å². The average molecular weight is 334 g/mol. The second kappa shape index (κ2) is 5.25. The molecule has 3 heterocycles. The van der Waals surface area contributed by atoms with E-state index < -0.39 is 12.2 Å². The van der Waals surface area contributed by atoms with Crippen LogP contribution < -0.4 is 5.32 Å². The van der Waals surface area contributed by atoms with Crippen LogP contribution in [0.4, 0.5) is 8.78 Å². The maximum absolute atomic E-state index is 12.7. The molecule has 2 fully saturated rings. The van der Waals surface area contributed by atoms with Gasteiger partial charge in [0, 0.05) is 37.0 Å². The molecule has 0 radical (unpaired) electrons. The molecule has 2 aliphatic heterocycles. The number of imidazole rings is 1. The molecule has 2 amide bonds.